The number of primary amides is 1. The lowest BCUT2D eigenvalue weighted by Crippen LogP contribution is -2.56. The summed E-state index contributed by atoms with van der Waals surface area (Å²) in [7, 11) is 2.75. The van der Waals surface area contributed by atoms with E-state index in [1.165, 1.54) is 66.3 Å². The number of rotatable bonds is 10. The van der Waals surface area contributed by atoms with Gasteiger partial charge >= 0.3 is 11.9 Å². The molecular weight excluding hydrogens is 1360 g/mol. The molecule has 0 spiro atoms. The van der Waals surface area contributed by atoms with Crippen molar-refractivity contribution in [2.45, 2.75) is 94.5 Å². The SMILES string of the molecule is C=C(NC(=O)c1csc(-c2nc3c(cc2O)-c2nc(cs2)C(=O)NC(C(C)O)C(=O)N/C(=C\C)c2nc(cs2)C(=O)NC2c4nc(cs4)C(=O)NC(COC(=O)c4c5c6c(cccc6n4O)COC(=O)C(OC4OC(CO)CC(OC)C4OC)C2OC5)c2nc-3cs2)n1)C(N)=O. The minimum Gasteiger partial charge on any atom is -0.506 e. The first-order chi connectivity index (χ1) is 46.1. The zero-order chi connectivity index (χ0) is 68.0. The van der Waals surface area contributed by atoms with E-state index in [0.717, 1.165) is 56.7 Å². The third-order valence-corrected chi connectivity index (χ3v) is 20.1. The van der Waals surface area contributed by atoms with E-state index in [9.17, 15) is 49.3 Å². The fraction of sp³-hybridized carbons (Fsp3) is 0.322. The Labute approximate surface area is 561 Å². The number of amides is 6. The highest BCUT2D eigenvalue weighted by Crippen LogP contribution is 2.43. The summed E-state index contributed by atoms with van der Waals surface area (Å²) in [6, 6.07) is 1.20. The summed E-state index contributed by atoms with van der Waals surface area (Å²) in [5, 5.41) is 65.6. The Kier molecular flexibility index (Phi) is 19.3. The van der Waals surface area contributed by atoms with E-state index in [2.05, 4.69) is 48.1 Å². The summed E-state index contributed by atoms with van der Waals surface area (Å²) in [6.45, 7) is 3.89. The molecule has 10 atom stereocenters. The van der Waals surface area contributed by atoms with Crippen molar-refractivity contribution in [2.24, 2.45) is 5.73 Å². The van der Waals surface area contributed by atoms with Crippen molar-refractivity contribution in [3.05, 3.63) is 124 Å². The van der Waals surface area contributed by atoms with E-state index < -0.39 is 152 Å². The number of methoxy groups -OCH3 is 2. The topological polar surface area (TPSA) is 451 Å². The highest BCUT2D eigenvalue weighted by molar-refractivity contribution is 7.14. The molecule has 11 heterocycles. The molecule has 1 aromatic carbocycles. The molecule has 10 unspecified atom stereocenters. The summed E-state index contributed by atoms with van der Waals surface area (Å²) in [4.78, 5) is 141. The van der Waals surface area contributed by atoms with Gasteiger partial charge in [-0.25, -0.2) is 39.5 Å². The molecule has 37 heteroatoms. The molecule has 1 fully saturated rings. The number of cyclic esters (lactones) is 2. The van der Waals surface area contributed by atoms with E-state index in [-0.39, 0.29) is 105 Å². The Morgan fingerprint density at radius 2 is 1.53 bits per heavy atom. The average molecular weight is 1410 g/mol. The molecular formula is C59H55N13O19S5. The van der Waals surface area contributed by atoms with Crippen LogP contribution in [0.25, 0.3) is 49.3 Å². The van der Waals surface area contributed by atoms with E-state index in [4.69, 9.17) is 53.8 Å². The standard InChI is InChI=1S/C59H55N13O19S5/c1-6-27-53-66-33(18-94-53)50(80)71-41-44-45(91-59-43(86-5)36(85-4)10-24(12-73)90-59)58(83)88-13-23-8-7-9-34-37(23)26(14-87-44)42(72(34)84)57(82)89-15-28(63-48(78)31-20-96-56(41)68-31)54-64-29(16-93-54)39-25(52-65-32(17-92-52)49(79)70-38(22(3)74)51(81)62-27)11-35(75)40(69-39)55-67-30(19-95-55)47(77)61-21(2)46(60)76/h6-9,11,16-20,22,24,28,36,38,41,43-45,59,73-75,84H,2,10,12-15H2,1,3-5H3,(H2,60,76)(H,61,77)(H,62,81)(H,63,78)(H,70,79)(H,71,80)/b27-6-. The van der Waals surface area contributed by atoms with Crippen LogP contribution >= 0.6 is 56.7 Å². The number of carbonyl (C=O) groups excluding carboxylic acids is 8. The second kappa shape index (κ2) is 27.8. The van der Waals surface area contributed by atoms with Crippen LogP contribution in [-0.4, -0.2) is 179 Å². The van der Waals surface area contributed by atoms with Crippen molar-refractivity contribution in [3.8, 4) is 38.4 Å². The van der Waals surface area contributed by atoms with Gasteiger partial charge in [0.05, 0.1) is 48.4 Å². The molecule has 0 aliphatic carbocycles. The van der Waals surface area contributed by atoms with Gasteiger partial charge in [0.1, 0.15) is 114 Å². The monoisotopic (exact) mass is 1410 g/mol. The number of carbonyl (C=O) groups is 8. The lowest BCUT2D eigenvalue weighted by molar-refractivity contribution is -0.301. The van der Waals surface area contributed by atoms with Gasteiger partial charge in [-0.3, -0.25) is 28.8 Å². The zero-order valence-corrected chi connectivity index (χ0v) is 54.5. The van der Waals surface area contributed by atoms with Gasteiger partial charge < -0.3 is 86.0 Å². The van der Waals surface area contributed by atoms with Crippen LogP contribution in [0.5, 0.6) is 5.75 Å². The molecule has 96 heavy (non-hydrogen) atoms. The Morgan fingerprint density at radius 3 is 2.26 bits per heavy atom. The van der Waals surface area contributed by atoms with Gasteiger partial charge in [0.15, 0.2) is 18.1 Å². The molecule has 0 radical (unpaired) electrons. The molecule has 11 N–H and O–H groups in total. The van der Waals surface area contributed by atoms with Crippen molar-refractivity contribution in [1.29, 1.82) is 0 Å². The number of aliphatic hydroxyl groups excluding tert-OH is 2. The quantitative estimate of drug-likeness (QED) is 0.0533. The number of aliphatic hydroxyl groups is 2. The second-order valence-electron chi connectivity index (χ2n) is 21.7. The number of nitrogens with one attached hydrogen (secondary N) is 5. The predicted molar refractivity (Wildman–Crippen MR) is 339 cm³/mol. The number of nitrogens with zero attached hydrogens (tertiary/aromatic N) is 7. The van der Waals surface area contributed by atoms with E-state index >= 15 is 9.59 Å². The molecule has 12 bridgehead atoms. The molecule has 0 saturated carbocycles. The summed E-state index contributed by atoms with van der Waals surface area (Å²) in [6.07, 6.45) is -8.04. The van der Waals surface area contributed by atoms with E-state index in [1.54, 1.807) is 19.1 Å². The molecule has 8 aromatic rings. The maximum Gasteiger partial charge on any atom is 0.358 e. The number of fused-ring (bicyclic) bond motifs is 15. The predicted octanol–water partition coefficient (Wildman–Crippen LogP) is 3.24. The molecule has 4 aliphatic heterocycles. The van der Waals surface area contributed by atoms with Crippen molar-refractivity contribution in [2.75, 3.05) is 27.4 Å². The first-order valence-electron chi connectivity index (χ1n) is 28.8. The number of esters is 2. The first kappa shape index (κ1) is 66.6. The molecule has 6 amide bonds. The Hall–Kier alpha value is -9.38. The van der Waals surface area contributed by atoms with Crippen molar-refractivity contribution in [1.82, 2.24) is 61.2 Å². The Bertz CT molecular complexity index is 4480. The number of nitrogens with two attached hydrogens (primary N) is 1. The summed E-state index contributed by atoms with van der Waals surface area (Å²) < 4.78 is 43.9. The van der Waals surface area contributed by atoms with Crippen LogP contribution in [0, 0.1) is 0 Å². The molecule has 12 rings (SSSR count). The lowest BCUT2D eigenvalue weighted by atomic mass is 10.0. The van der Waals surface area contributed by atoms with Gasteiger partial charge in [-0.15, -0.1) is 56.7 Å². The number of hydrogen-bond donors (Lipinski definition) is 10. The molecule has 1 saturated heterocycles. The summed E-state index contributed by atoms with van der Waals surface area (Å²) in [5.41, 5.74) is 3.61. The number of thiazole rings is 5. The van der Waals surface area contributed by atoms with Crippen LogP contribution in [0.3, 0.4) is 0 Å². The van der Waals surface area contributed by atoms with E-state index in [0.29, 0.717) is 4.73 Å². The van der Waals surface area contributed by atoms with Crippen molar-refractivity contribution < 1.29 is 92.0 Å². The van der Waals surface area contributed by atoms with Crippen molar-refractivity contribution in [3.63, 3.8) is 0 Å². The second-order valence-corrected chi connectivity index (χ2v) is 26.0. The first-order valence-corrected chi connectivity index (χ1v) is 33.2. The van der Waals surface area contributed by atoms with Gasteiger partial charge in [-0.2, -0.15) is 4.73 Å². The van der Waals surface area contributed by atoms with Crippen LogP contribution in [0.1, 0.15) is 111 Å². The third kappa shape index (κ3) is 13.1. The minimum absolute atomic E-state index is 0.00453. The van der Waals surface area contributed by atoms with Gasteiger partial charge in [0, 0.05) is 64.1 Å². The van der Waals surface area contributed by atoms with Gasteiger partial charge in [-0.05, 0) is 31.5 Å². The van der Waals surface area contributed by atoms with E-state index in [1.807, 2.05) is 0 Å². The summed E-state index contributed by atoms with van der Waals surface area (Å²) >= 11 is 4.49. The zero-order valence-electron chi connectivity index (χ0n) is 50.5. The summed E-state index contributed by atoms with van der Waals surface area (Å²) in [5.74, 6) is -8.31. The number of ether oxygens (including phenoxy) is 7. The van der Waals surface area contributed by atoms with Crippen LogP contribution in [0.2, 0.25) is 0 Å². The minimum atomic E-state index is -1.98. The highest BCUT2D eigenvalue weighted by Gasteiger charge is 2.49. The fourth-order valence-corrected chi connectivity index (χ4v) is 15.0. The molecule has 32 nitrogen and oxygen atoms in total. The van der Waals surface area contributed by atoms with Crippen LogP contribution < -0.4 is 32.3 Å². The van der Waals surface area contributed by atoms with Crippen LogP contribution in [-0.2, 0) is 60.8 Å². The van der Waals surface area contributed by atoms with Gasteiger partial charge in [-0.1, -0.05) is 24.8 Å². The molecule has 500 valence electrons. The van der Waals surface area contributed by atoms with Crippen molar-refractivity contribution >= 4 is 121 Å². The normalized spacial score (nSPS) is 23.4. The fourth-order valence-electron chi connectivity index (χ4n) is 10.8. The highest BCUT2D eigenvalue weighted by atomic mass is 32.1. The number of benzene rings is 1. The number of allylic oxidation sites excluding steroid dienone is 1. The maximum atomic E-state index is 15.1. The van der Waals surface area contributed by atoms with Gasteiger partial charge in [0.2, 0.25) is 5.91 Å². The number of pyridine rings is 1. The average Bonchev–Trinajstić information content (AvgIpc) is 1.56. The Balaban J connectivity index is 1.04. The van der Waals surface area contributed by atoms with Gasteiger partial charge in [0.25, 0.3) is 29.5 Å². The largest absolute Gasteiger partial charge is 0.506 e. The number of aromatic nitrogens is 7. The number of aromatic hydroxyl groups is 1. The number of hydrogen-bond acceptors (Lipinski definition) is 30. The molecule has 4 aliphatic rings. The van der Waals surface area contributed by atoms with Crippen LogP contribution in [0.15, 0.2) is 69.5 Å². The molecule has 7 aromatic heterocycles. The Morgan fingerprint density at radius 1 is 0.844 bits per heavy atom. The maximum absolute atomic E-state index is 15.1. The van der Waals surface area contributed by atoms with Crippen LogP contribution in [0.4, 0.5) is 0 Å². The smallest absolute Gasteiger partial charge is 0.358 e. The third-order valence-electron chi connectivity index (χ3n) is 15.6. The lowest BCUT2D eigenvalue weighted by Gasteiger charge is -2.42.